The molecule has 2 heterocycles. The third kappa shape index (κ3) is 2.57. The van der Waals surface area contributed by atoms with Gasteiger partial charge in [0.25, 0.3) is 5.56 Å². The van der Waals surface area contributed by atoms with Crippen molar-refractivity contribution in [3.05, 3.63) is 51.8 Å². The Morgan fingerprint density at radius 1 is 1.39 bits per heavy atom. The van der Waals surface area contributed by atoms with Crippen molar-refractivity contribution in [1.29, 1.82) is 0 Å². The zero-order valence-electron chi connectivity index (χ0n) is 12.6. The number of hydrogen-bond acceptors (Lipinski definition) is 2. The molecule has 2 aromatic rings. The SMILES string of the molecule is C=Cc1c(C(F)(F)F)c2cc(C3CCCO3)ccc2n(C)c1=O. The van der Waals surface area contributed by atoms with Gasteiger partial charge in [-0.1, -0.05) is 18.7 Å². The van der Waals surface area contributed by atoms with Gasteiger partial charge in [-0.3, -0.25) is 4.79 Å². The van der Waals surface area contributed by atoms with Gasteiger partial charge in [-0.2, -0.15) is 13.2 Å². The summed E-state index contributed by atoms with van der Waals surface area (Å²) >= 11 is 0. The minimum absolute atomic E-state index is 0.00231. The third-order valence-electron chi connectivity index (χ3n) is 4.24. The quantitative estimate of drug-likeness (QED) is 0.835. The predicted octanol–water partition coefficient (Wildman–Crippen LogP) is 4.05. The summed E-state index contributed by atoms with van der Waals surface area (Å²) in [5.41, 5.74) is -1.10. The van der Waals surface area contributed by atoms with Gasteiger partial charge in [0.1, 0.15) is 0 Å². The van der Waals surface area contributed by atoms with Crippen molar-refractivity contribution in [1.82, 2.24) is 4.57 Å². The highest BCUT2D eigenvalue weighted by molar-refractivity contribution is 5.87. The molecule has 1 aliphatic heterocycles. The van der Waals surface area contributed by atoms with Crippen molar-refractivity contribution in [2.45, 2.75) is 25.1 Å². The van der Waals surface area contributed by atoms with Crippen LogP contribution in [0, 0.1) is 0 Å². The van der Waals surface area contributed by atoms with E-state index in [1.807, 2.05) is 0 Å². The summed E-state index contributed by atoms with van der Waals surface area (Å²) in [6, 6.07) is 4.77. The molecule has 23 heavy (non-hydrogen) atoms. The van der Waals surface area contributed by atoms with Crippen LogP contribution in [0.15, 0.2) is 29.6 Å². The van der Waals surface area contributed by atoms with Gasteiger partial charge in [-0.05, 0) is 30.5 Å². The van der Waals surface area contributed by atoms with Crippen molar-refractivity contribution in [2.24, 2.45) is 7.05 Å². The topological polar surface area (TPSA) is 31.2 Å². The fraction of sp³-hybridized carbons (Fsp3) is 0.353. The molecule has 1 aromatic carbocycles. The molecular weight excluding hydrogens is 307 g/mol. The van der Waals surface area contributed by atoms with Gasteiger partial charge in [-0.25, -0.2) is 0 Å². The lowest BCUT2D eigenvalue weighted by Crippen LogP contribution is -2.25. The molecule has 1 fully saturated rings. The third-order valence-corrected chi connectivity index (χ3v) is 4.24. The van der Waals surface area contributed by atoms with Crippen LogP contribution < -0.4 is 5.56 Å². The second-order valence-electron chi connectivity index (χ2n) is 5.63. The van der Waals surface area contributed by atoms with Crippen LogP contribution in [0.25, 0.3) is 17.0 Å². The molecular formula is C17H16F3NO2. The van der Waals surface area contributed by atoms with Gasteiger partial charge in [0.05, 0.1) is 22.7 Å². The van der Waals surface area contributed by atoms with E-state index in [1.54, 1.807) is 12.1 Å². The number of hydrogen-bond donors (Lipinski definition) is 0. The van der Waals surface area contributed by atoms with E-state index in [0.29, 0.717) is 12.2 Å². The average molecular weight is 323 g/mol. The normalized spacial score (nSPS) is 18.5. The maximum atomic E-state index is 13.6. The van der Waals surface area contributed by atoms with Crippen LogP contribution in [0.3, 0.4) is 0 Å². The average Bonchev–Trinajstić information content (AvgIpc) is 3.03. The zero-order valence-corrected chi connectivity index (χ0v) is 12.6. The van der Waals surface area contributed by atoms with Crippen LogP contribution in [0.4, 0.5) is 13.2 Å². The van der Waals surface area contributed by atoms with Crippen LogP contribution in [-0.4, -0.2) is 11.2 Å². The summed E-state index contributed by atoms with van der Waals surface area (Å²) < 4.78 is 47.5. The largest absolute Gasteiger partial charge is 0.417 e. The first-order valence-electron chi connectivity index (χ1n) is 7.32. The molecule has 1 unspecified atom stereocenters. The van der Waals surface area contributed by atoms with Crippen molar-refractivity contribution in [3.63, 3.8) is 0 Å². The van der Waals surface area contributed by atoms with E-state index in [2.05, 4.69) is 6.58 Å². The molecule has 0 bridgehead atoms. The summed E-state index contributed by atoms with van der Waals surface area (Å²) in [6.07, 6.45) is -2.18. The smallest absolute Gasteiger partial charge is 0.374 e. The lowest BCUT2D eigenvalue weighted by molar-refractivity contribution is -0.136. The van der Waals surface area contributed by atoms with Crippen LogP contribution in [0.1, 0.15) is 35.6 Å². The Bertz CT molecular complexity index is 830. The number of rotatable bonds is 2. The maximum absolute atomic E-state index is 13.6. The molecule has 1 saturated heterocycles. The lowest BCUT2D eigenvalue weighted by atomic mass is 9.98. The number of aryl methyl sites for hydroxylation is 1. The van der Waals surface area contributed by atoms with Crippen molar-refractivity contribution >= 4 is 17.0 Å². The van der Waals surface area contributed by atoms with Gasteiger partial charge in [0, 0.05) is 19.0 Å². The standard InChI is InChI=1S/C17H16F3NO2/c1-3-11-15(17(18,19)20)12-9-10(14-5-4-8-23-14)6-7-13(12)21(2)16(11)22/h3,6-7,9,14H,1,4-5,8H2,2H3. The highest BCUT2D eigenvalue weighted by Crippen LogP contribution is 2.38. The summed E-state index contributed by atoms with van der Waals surface area (Å²) in [4.78, 5) is 12.2. The number of alkyl halides is 3. The Morgan fingerprint density at radius 3 is 2.70 bits per heavy atom. The number of benzene rings is 1. The molecule has 0 N–H and O–H groups in total. The highest BCUT2D eigenvalue weighted by atomic mass is 19.4. The number of ether oxygens (including phenoxy) is 1. The van der Waals surface area contributed by atoms with Crippen molar-refractivity contribution in [3.8, 4) is 0 Å². The van der Waals surface area contributed by atoms with Gasteiger partial charge in [0.2, 0.25) is 0 Å². The highest BCUT2D eigenvalue weighted by Gasteiger charge is 2.37. The molecule has 6 heteroatoms. The molecule has 0 aliphatic carbocycles. The van der Waals surface area contributed by atoms with Crippen LogP contribution in [0.5, 0.6) is 0 Å². The molecule has 0 radical (unpaired) electrons. The monoisotopic (exact) mass is 323 g/mol. The molecule has 1 aromatic heterocycles. The van der Waals surface area contributed by atoms with Gasteiger partial charge >= 0.3 is 6.18 Å². The van der Waals surface area contributed by atoms with E-state index in [9.17, 15) is 18.0 Å². The molecule has 0 saturated carbocycles. The number of nitrogens with zero attached hydrogens (tertiary/aromatic N) is 1. The zero-order chi connectivity index (χ0) is 16.8. The summed E-state index contributed by atoms with van der Waals surface area (Å²) in [6.45, 7) is 3.99. The first-order valence-corrected chi connectivity index (χ1v) is 7.32. The number of fused-ring (bicyclic) bond motifs is 1. The number of halogens is 3. The molecule has 0 amide bonds. The van der Waals surface area contributed by atoms with Gasteiger partial charge < -0.3 is 9.30 Å². The first-order chi connectivity index (χ1) is 10.8. The van der Waals surface area contributed by atoms with E-state index in [-0.39, 0.29) is 17.0 Å². The van der Waals surface area contributed by atoms with E-state index >= 15 is 0 Å². The van der Waals surface area contributed by atoms with Crippen LogP contribution in [-0.2, 0) is 18.0 Å². The second-order valence-corrected chi connectivity index (χ2v) is 5.63. The Morgan fingerprint density at radius 2 is 2.13 bits per heavy atom. The maximum Gasteiger partial charge on any atom is 0.417 e. The summed E-state index contributed by atoms with van der Waals surface area (Å²) in [5, 5.41) is 0.00231. The van der Waals surface area contributed by atoms with Gasteiger partial charge in [-0.15, -0.1) is 0 Å². The summed E-state index contributed by atoms with van der Waals surface area (Å²) in [7, 11) is 1.46. The Balaban J connectivity index is 2.38. The van der Waals surface area contributed by atoms with Crippen molar-refractivity contribution < 1.29 is 17.9 Å². The van der Waals surface area contributed by atoms with E-state index < -0.39 is 22.9 Å². The second kappa shape index (κ2) is 5.53. The van der Waals surface area contributed by atoms with E-state index in [0.717, 1.165) is 18.9 Å². The van der Waals surface area contributed by atoms with Gasteiger partial charge in [0.15, 0.2) is 0 Å². The summed E-state index contributed by atoms with van der Waals surface area (Å²) in [5.74, 6) is 0. The molecule has 3 rings (SSSR count). The van der Waals surface area contributed by atoms with E-state index in [4.69, 9.17) is 4.74 Å². The Kier molecular flexibility index (Phi) is 3.80. The fourth-order valence-corrected chi connectivity index (χ4v) is 3.12. The minimum atomic E-state index is -4.63. The molecule has 3 nitrogen and oxygen atoms in total. The fourth-order valence-electron chi connectivity index (χ4n) is 3.12. The number of aromatic nitrogens is 1. The lowest BCUT2D eigenvalue weighted by Gasteiger charge is -2.18. The van der Waals surface area contributed by atoms with Crippen LogP contribution >= 0.6 is 0 Å². The van der Waals surface area contributed by atoms with E-state index in [1.165, 1.54) is 17.7 Å². The van der Waals surface area contributed by atoms with Crippen LogP contribution in [0.2, 0.25) is 0 Å². The Labute approximate surface area is 131 Å². The first kappa shape index (κ1) is 15.8. The van der Waals surface area contributed by atoms with Crippen molar-refractivity contribution in [2.75, 3.05) is 6.61 Å². The Hall–Kier alpha value is -2.08. The molecule has 1 aliphatic rings. The molecule has 0 spiro atoms. The minimum Gasteiger partial charge on any atom is -0.374 e. The number of pyridine rings is 1. The predicted molar refractivity (Wildman–Crippen MR) is 82.2 cm³/mol. The molecule has 122 valence electrons. The molecule has 1 atom stereocenters.